The van der Waals surface area contributed by atoms with E-state index in [0.29, 0.717) is 29.9 Å². The summed E-state index contributed by atoms with van der Waals surface area (Å²) in [6.07, 6.45) is 1.58. The number of H-pyrrole nitrogens is 1. The van der Waals surface area contributed by atoms with Gasteiger partial charge in [0.15, 0.2) is 5.82 Å². The number of nitrogens with one attached hydrogen (secondary N) is 1. The summed E-state index contributed by atoms with van der Waals surface area (Å²) in [6.45, 7) is 9.26. The fourth-order valence-electron chi connectivity index (χ4n) is 4.38. The number of halogens is 1. The van der Waals surface area contributed by atoms with Gasteiger partial charge in [0, 0.05) is 24.7 Å². The Morgan fingerprint density at radius 2 is 1.86 bits per heavy atom. The number of rotatable bonds is 10. The van der Waals surface area contributed by atoms with Crippen LogP contribution in [0, 0.1) is 5.82 Å². The smallest absolute Gasteiger partial charge is 0.252 e. The number of benzene rings is 2. The lowest BCUT2D eigenvalue weighted by molar-refractivity contribution is 0.150. The lowest BCUT2D eigenvalue weighted by Crippen LogP contribution is -2.36. The van der Waals surface area contributed by atoms with Gasteiger partial charge in [-0.2, -0.15) is 0 Å². The molecule has 0 saturated carbocycles. The van der Waals surface area contributed by atoms with Crippen LogP contribution in [-0.2, 0) is 18.6 Å². The summed E-state index contributed by atoms with van der Waals surface area (Å²) < 4.78 is 20.8. The second kappa shape index (κ2) is 10.6. The Morgan fingerprint density at radius 3 is 2.53 bits per heavy atom. The molecular formula is C27H33FN6O2. The second-order valence-electron chi connectivity index (χ2n) is 9.65. The van der Waals surface area contributed by atoms with Crippen molar-refractivity contribution in [2.24, 2.45) is 0 Å². The van der Waals surface area contributed by atoms with Crippen LogP contribution in [0.2, 0.25) is 0 Å². The maximum absolute atomic E-state index is 13.6. The zero-order chi connectivity index (χ0) is 25.9. The molecule has 0 spiro atoms. The molecule has 2 heterocycles. The van der Waals surface area contributed by atoms with E-state index in [0.717, 1.165) is 29.6 Å². The third-order valence-corrected chi connectivity index (χ3v) is 6.86. The minimum atomic E-state index is -0.285. The molecule has 0 aliphatic carbocycles. The van der Waals surface area contributed by atoms with Crippen molar-refractivity contribution in [3.8, 4) is 5.75 Å². The summed E-state index contributed by atoms with van der Waals surface area (Å²) in [4.78, 5) is 18.3. The SMILES string of the molecule is CC[C@@H](c1nnnn1C(C)(C)CC)N(Cc1ccc(F)cc1)Cc1cc2ccc(OC)cc2[nH]c1=O. The molecule has 4 rings (SSSR count). The Balaban J connectivity index is 1.76. The van der Waals surface area contributed by atoms with E-state index in [-0.39, 0.29) is 23.0 Å². The van der Waals surface area contributed by atoms with Gasteiger partial charge in [-0.05, 0) is 78.4 Å². The monoisotopic (exact) mass is 492 g/mol. The van der Waals surface area contributed by atoms with Crippen LogP contribution in [0.3, 0.4) is 0 Å². The van der Waals surface area contributed by atoms with Crippen molar-refractivity contribution in [2.75, 3.05) is 7.11 Å². The maximum Gasteiger partial charge on any atom is 0.252 e. The molecule has 0 unspecified atom stereocenters. The van der Waals surface area contributed by atoms with Gasteiger partial charge in [-0.1, -0.05) is 26.0 Å². The van der Waals surface area contributed by atoms with Crippen molar-refractivity contribution in [1.29, 1.82) is 0 Å². The van der Waals surface area contributed by atoms with Crippen LogP contribution in [0.15, 0.2) is 53.3 Å². The van der Waals surface area contributed by atoms with Gasteiger partial charge in [-0.15, -0.1) is 5.10 Å². The quantitative estimate of drug-likeness (QED) is 0.337. The average Bonchev–Trinajstić information content (AvgIpc) is 3.36. The molecule has 2 aromatic heterocycles. The van der Waals surface area contributed by atoms with Gasteiger partial charge in [0.2, 0.25) is 0 Å². The van der Waals surface area contributed by atoms with Crippen molar-refractivity contribution in [3.63, 3.8) is 0 Å². The number of hydrogen-bond donors (Lipinski definition) is 1. The van der Waals surface area contributed by atoms with Crippen LogP contribution in [0.1, 0.15) is 63.5 Å². The predicted octanol–water partition coefficient (Wildman–Crippen LogP) is 4.96. The standard InChI is InChI=1S/C27H33FN6O2/c1-6-24(25-30-31-32-34(25)27(3,4)7-2)33(16-18-8-11-21(28)12-9-18)17-20-14-19-10-13-22(36-5)15-23(19)29-26(20)35/h8-15,24H,6-7,16-17H2,1-5H3,(H,29,35)/t24-/m0/s1. The first-order valence-corrected chi connectivity index (χ1v) is 12.2. The Labute approximate surface area is 210 Å². The van der Waals surface area contributed by atoms with Crippen molar-refractivity contribution in [1.82, 2.24) is 30.1 Å². The molecular weight excluding hydrogens is 459 g/mol. The van der Waals surface area contributed by atoms with Crippen molar-refractivity contribution in [2.45, 2.75) is 65.2 Å². The molecule has 2 aromatic carbocycles. The van der Waals surface area contributed by atoms with Crippen molar-refractivity contribution >= 4 is 10.9 Å². The Bertz CT molecular complexity index is 1380. The van der Waals surface area contributed by atoms with Gasteiger partial charge in [0.05, 0.1) is 24.2 Å². The van der Waals surface area contributed by atoms with E-state index in [4.69, 9.17) is 4.74 Å². The second-order valence-corrected chi connectivity index (χ2v) is 9.65. The summed E-state index contributed by atoms with van der Waals surface area (Å²) in [5.41, 5.74) is 1.84. The first-order chi connectivity index (χ1) is 17.2. The number of fused-ring (bicyclic) bond motifs is 1. The van der Waals surface area contributed by atoms with Crippen LogP contribution >= 0.6 is 0 Å². The van der Waals surface area contributed by atoms with Gasteiger partial charge < -0.3 is 9.72 Å². The molecule has 4 aromatic rings. The minimum Gasteiger partial charge on any atom is -0.497 e. The molecule has 36 heavy (non-hydrogen) atoms. The molecule has 0 amide bonds. The van der Waals surface area contributed by atoms with E-state index in [1.165, 1.54) is 12.1 Å². The highest BCUT2D eigenvalue weighted by molar-refractivity contribution is 5.80. The van der Waals surface area contributed by atoms with Crippen molar-refractivity contribution in [3.05, 3.63) is 81.7 Å². The molecule has 0 aliphatic heterocycles. The average molecular weight is 493 g/mol. The van der Waals surface area contributed by atoms with Gasteiger partial charge in [-0.3, -0.25) is 9.69 Å². The minimum absolute atomic E-state index is 0.164. The first-order valence-electron chi connectivity index (χ1n) is 12.2. The van der Waals surface area contributed by atoms with E-state index >= 15 is 0 Å². The van der Waals surface area contributed by atoms with Crippen LogP contribution < -0.4 is 10.3 Å². The summed E-state index contributed by atoms with van der Waals surface area (Å²) in [6, 6.07) is 13.8. The topological polar surface area (TPSA) is 88.9 Å². The third kappa shape index (κ3) is 5.31. The summed E-state index contributed by atoms with van der Waals surface area (Å²) in [5.74, 6) is 1.14. The lowest BCUT2D eigenvalue weighted by atomic mass is 10.0. The van der Waals surface area contributed by atoms with Gasteiger partial charge in [0.1, 0.15) is 11.6 Å². The highest BCUT2D eigenvalue weighted by Gasteiger charge is 2.31. The summed E-state index contributed by atoms with van der Waals surface area (Å²) in [7, 11) is 1.60. The number of hydrogen-bond acceptors (Lipinski definition) is 6. The third-order valence-electron chi connectivity index (χ3n) is 6.86. The number of nitrogens with zero attached hydrogens (tertiary/aromatic N) is 5. The molecule has 9 heteroatoms. The summed E-state index contributed by atoms with van der Waals surface area (Å²) in [5, 5.41) is 13.6. The molecule has 8 nitrogen and oxygen atoms in total. The van der Waals surface area contributed by atoms with E-state index in [1.54, 1.807) is 19.2 Å². The Kier molecular flexibility index (Phi) is 7.49. The molecule has 0 fully saturated rings. The zero-order valence-corrected chi connectivity index (χ0v) is 21.5. The van der Waals surface area contributed by atoms with Gasteiger partial charge in [-0.25, -0.2) is 9.07 Å². The largest absolute Gasteiger partial charge is 0.497 e. The predicted molar refractivity (Wildman–Crippen MR) is 137 cm³/mol. The zero-order valence-electron chi connectivity index (χ0n) is 21.5. The Hall–Kier alpha value is -3.59. The van der Waals surface area contributed by atoms with E-state index in [2.05, 4.69) is 53.1 Å². The maximum atomic E-state index is 13.6. The highest BCUT2D eigenvalue weighted by Crippen LogP contribution is 2.30. The molecule has 1 atom stereocenters. The van der Waals surface area contributed by atoms with Crippen LogP contribution in [0.4, 0.5) is 4.39 Å². The lowest BCUT2D eigenvalue weighted by Gasteiger charge is -2.33. The molecule has 0 radical (unpaired) electrons. The normalized spacial score (nSPS) is 12.9. The fourth-order valence-corrected chi connectivity index (χ4v) is 4.38. The van der Waals surface area contributed by atoms with Gasteiger partial charge >= 0.3 is 0 Å². The fraction of sp³-hybridized carbons (Fsp3) is 0.407. The van der Waals surface area contributed by atoms with Crippen molar-refractivity contribution < 1.29 is 9.13 Å². The van der Waals surface area contributed by atoms with E-state index in [9.17, 15) is 9.18 Å². The highest BCUT2D eigenvalue weighted by atomic mass is 19.1. The molecule has 0 bridgehead atoms. The first kappa shape index (κ1) is 25.5. The number of aromatic nitrogens is 5. The number of pyridine rings is 1. The molecule has 0 saturated heterocycles. The number of ether oxygens (including phenoxy) is 1. The number of methoxy groups -OCH3 is 1. The number of aromatic amines is 1. The van der Waals surface area contributed by atoms with Gasteiger partial charge in [0.25, 0.3) is 5.56 Å². The Morgan fingerprint density at radius 1 is 1.11 bits per heavy atom. The molecule has 190 valence electrons. The van der Waals surface area contributed by atoms with E-state index in [1.807, 2.05) is 28.9 Å². The number of tetrazole rings is 1. The van der Waals surface area contributed by atoms with E-state index < -0.39 is 0 Å². The van der Waals surface area contributed by atoms with Crippen LogP contribution in [-0.4, -0.2) is 37.2 Å². The molecule has 0 aliphatic rings. The van der Waals surface area contributed by atoms with Crippen LogP contribution in [0.25, 0.3) is 10.9 Å². The summed E-state index contributed by atoms with van der Waals surface area (Å²) >= 11 is 0. The van der Waals surface area contributed by atoms with Crippen LogP contribution in [0.5, 0.6) is 5.75 Å². The molecule has 1 N–H and O–H groups in total.